The summed E-state index contributed by atoms with van der Waals surface area (Å²) in [6.45, 7) is 2.78. The third-order valence-corrected chi connectivity index (χ3v) is 5.32. The van der Waals surface area contributed by atoms with E-state index < -0.39 is 23.7 Å². The lowest BCUT2D eigenvalue weighted by atomic mass is 9.85. The van der Waals surface area contributed by atoms with Crippen molar-refractivity contribution in [2.24, 2.45) is 5.92 Å². The summed E-state index contributed by atoms with van der Waals surface area (Å²) in [5.41, 5.74) is 1.94. The fourth-order valence-electron chi connectivity index (χ4n) is 3.76. The molecule has 2 aromatic rings. The van der Waals surface area contributed by atoms with Gasteiger partial charge in [0.15, 0.2) is 5.78 Å². The van der Waals surface area contributed by atoms with E-state index in [-0.39, 0.29) is 5.78 Å². The van der Waals surface area contributed by atoms with Crippen molar-refractivity contribution in [3.8, 4) is 5.75 Å². The molecular formula is C23H26N2O4. The van der Waals surface area contributed by atoms with Crippen LogP contribution >= 0.6 is 0 Å². The van der Waals surface area contributed by atoms with E-state index in [0.29, 0.717) is 30.0 Å². The van der Waals surface area contributed by atoms with Crippen molar-refractivity contribution >= 4 is 17.5 Å². The number of rotatable bonds is 7. The number of Topliss-reactive ketones (excluding diaryl/α,β-unsaturated/α-hetero) is 2. The summed E-state index contributed by atoms with van der Waals surface area (Å²) >= 11 is 0. The number of likely N-dealkylation sites (tertiary alicyclic amines) is 1. The number of amides is 1. The third-order valence-electron chi connectivity index (χ3n) is 5.32. The van der Waals surface area contributed by atoms with Crippen LogP contribution in [0.1, 0.15) is 27.5 Å². The lowest BCUT2D eigenvalue weighted by Gasteiger charge is -2.28. The predicted octanol–water partition coefficient (Wildman–Crippen LogP) is 2.52. The molecule has 2 unspecified atom stereocenters. The van der Waals surface area contributed by atoms with Crippen LogP contribution in [0.2, 0.25) is 0 Å². The maximum atomic E-state index is 13.4. The third kappa shape index (κ3) is 4.07. The first-order valence-corrected chi connectivity index (χ1v) is 9.58. The molecule has 152 valence electrons. The lowest BCUT2D eigenvalue weighted by Crippen LogP contribution is -2.36. The highest BCUT2D eigenvalue weighted by atomic mass is 16.5. The normalized spacial score (nSPS) is 19.1. The van der Waals surface area contributed by atoms with Crippen LogP contribution in [-0.4, -0.2) is 61.6 Å². The molecule has 29 heavy (non-hydrogen) atoms. The Morgan fingerprint density at radius 1 is 1.10 bits per heavy atom. The van der Waals surface area contributed by atoms with Gasteiger partial charge in [-0.25, -0.2) is 0 Å². The molecule has 0 aliphatic carbocycles. The number of aryl methyl sites for hydroxylation is 1. The Morgan fingerprint density at radius 3 is 2.38 bits per heavy atom. The summed E-state index contributed by atoms with van der Waals surface area (Å²) in [6.07, 6.45) is 0. The number of carbonyl (C=O) groups excluding carboxylic acids is 3. The van der Waals surface area contributed by atoms with Gasteiger partial charge in [0.1, 0.15) is 11.7 Å². The molecular weight excluding hydrogens is 368 g/mol. The molecule has 0 N–H and O–H groups in total. The van der Waals surface area contributed by atoms with Crippen molar-refractivity contribution < 1.29 is 19.1 Å². The minimum absolute atomic E-state index is 0.329. The van der Waals surface area contributed by atoms with Crippen LogP contribution in [0.3, 0.4) is 0 Å². The summed E-state index contributed by atoms with van der Waals surface area (Å²) < 4.78 is 5.21. The van der Waals surface area contributed by atoms with E-state index >= 15 is 0 Å². The topological polar surface area (TPSA) is 66.9 Å². The number of ether oxygens (including phenoxy) is 1. The Balaban J connectivity index is 2.03. The first-order chi connectivity index (χ1) is 13.8. The Kier molecular flexibility index (Phi) is 6.13. The smallest absolute Gasteiger partial charge is 0.291 e. The van der Waals surface area contributed by atoms with E-state index in [1.807, 2.05) is 49.3 Å². The number of carbonyl (C=O) groups is 3. The SMILES string of the molecule is COc1ccc(C(=O)C2C(=O)C(=O)N(CCN(C)C)C2c2ccccc2)c(C)c1. The monoisotopic (exact) mass is 394 g/mol. The molecule has 1 aliphatic rings. The molecule has 6 nitrogen and oxygen atoms in total. The van der Waals surface area contributed by atoms with E-state index in [1.54, 1.807) is 37.1 Å². The van der Waals surface area contributed by atoms with Crippen molar-refractivity contribution in [3.05, 3.63) is 65.2 Å². The molecule has 6 heteroatoms. The van der Waals surface area contributed by atoms with Gasteiger partial charge in [-0.05, 0) is 50.3 Å². The molecule has 1 amide bonds. The zero-order valence-corrected chi connectivity index (χ0v) is 17.2. The number of methoxy groups -OCH3 is 1. The molecule has 3 rings (SSSR count). The van der Waals surface area contributed by atoms with Crippen LogP contribution in [0.4, 0.5) is 0 Å². The summed E-state index contributed by atoms with van der Waals surface area (Å²) in [5.74, 6) is -1.98. The van der Waals surface area contributed by atoms with Gasteiger partial charge in [-0.15, -0.1) is 0 Å². The summed E-state index contributed by atoms with van der Waals surface area (Å²) in [7, 11) is 5.37. The molecule has 1 saturated heterocycles. The quantitative estimate of drug-likeness (QED) is 0.410. The zero-order valence-electron chi connectivity index (χ0n) is 17.2. The highest BCUT2D eigenvalue weighted by Crippen LogP contribution is 2.38. The molecule has 0 bridgehead atoms. The van der Waals surface area contributed by atoms with Crippen LogP contribution in [0, 0.1) is 12.8 Å². The molecule has 2 atom stereocenters. The van der Waals surface area contributed by atoms with Crippen molar-refractivity contribution in [3.63, 3.8) is 0 Å². The fourth-order valence-corrected chi connectivity index (χ4v) is 3.76. The van der Waals surface area contributed by atoms with Gasteiger partial charge in [-0.3, -0.25) is 14.4 Å². The van der Waals surface area contributed by atoms with Gasteiger partial charge in [-0.2, -0.15) is 0 Å². The molecule has 0 spiro atoms. The highest BCUT2D eigenvalue weighted by molar-refractivity contribution is 6.44. The second-order valence-electron chi connectivity index (χ2n) is 7.54. The molecule has 0 aromatic heterocycles. The number of hydrogen-bond donors (Lipinski definition) is 0. The van der Waals surface area contributed by atoms with E-state index in [0.717, 1.165) is 5.56 Å². The van der Waals surface area contributed by atoms with Gasteiger partial charge in [0.2, 0.25) is 5.78 Å². The Hall–Kier alpha value is -2.99. The first-order valence-electron chi connectivity index (χ1n) is 9.58. The molecule has 2 aromatic carbocycles. The number of ketones is 2. The highest BCUT2D eigenvalue weighted by Gasteiger charge is 2.51. The molecule has 0 saturated carbocycles. The van der Waals surface area contributed by atoms with Gasteiger partial charge < -0.3 is 14.5 Å². The van der Waals surface area contributed by atoms with Crippen molar-refractivity contribution in [2.45, 2.75) is 13.0 Å². The van der Waals surface area contributed by atoms with Crippen LogP contribution < -0.4 is 4.74 Å². The van der Waals surface area contributed by atoms with E-state index in [2.05, 4.69) is 0 Å². The number of nitrogens with zero attached hydrogens (tertiary/aromatic N) is 2. The maximum Gasteiger partial charge on any atom is 0.291 e. The molecule has 1 fully saturated rings. The standard InChI is InChI=1S/C23H26N2O4/c1-15-14-17(29-4)10-11-18(15)21(26)19-20(16-8-6-5-7-9-16)25(13-12-24(2)3)23(28)22(19)27/h5-11,14,19-20H,12-13H2,1-4H3. The minimum Gasteiger partial charge on any atom is -0.497 e. The predicted molar refractivity (Wildman–Crippen MR) is 110 cm³/mol. The Morgan fingerprint density at radius 2 is 1.79 bits per heavy atom. The Bertz CT molecular complexity index is 924. The molecule has 1 heterocycles. The second-order valence-corrected chi connectivity index (χ2v) is 7.54. The van der Waals surface area contributed by atoms with Crippen LogP contribution in [0.5, 0.6) is 5.75 Å². The van der Waals surface area contributed by atoms with Gasteiger partial charge in [0.25, 0.3) is 5.91 Å². The summed E-state index contributed by atoms with van der Waals surface area (Å²) in [4.78, 5) is 42.7. The Labute approximate surface area is 171 Å². The maximum absolute atomic E-state index is 13.4. The van der Waals surface area contributed by atoms with Crippen molar-refractivity contribution in [2.75, 3.05) is 34.3 Å². The zero-order chi connectivity index (χ0) is 21.1. The van der Waals surface area contributed by atoms with Gasteiger partial charge >= 0.3 is 0 Å². The number of hydrogen-bond acceptors (Lipinski definition) is 5. The summed E-state index contributed by atoms with van der Waals surface area (Å²) in [6, 6.07) is 13.8. The minimum atomic E-state index is -1.06. The van der Waals surface area contributed by atoms with E-state index in [9.17, 15) is 14.4 Å². The van der Waals surface area contributed by atoms with Crippen molar-refractivity contribution in [1.82, 2.24) is 9.80 Å². The number of likely N-dealkylation sites (N-methyl/N-ethyl adjacent to an activating group) is 1. The van der Waals surface area contributed by atoms with E-state index in [1.165, 1.54) is 0 Å². The first kappa shape index (κ1) is 20.7. The van der Waals surface area contributed by atoms with Gasteiger partial charge in [-0.1, -0.05) is 30.3 Å². The average Bonchev–Trinajstić information content (AvgIpc) is 2.97. The molecule has 1 aliphatic heterocycles. The van der Waals surface area contributed by atoms with Crippen molar-refractivity contribution in [1.29, 1.82) is 0 Å². The largest absolute Gasteiger partial charge is 0.497 e. The second kappa shape index (κ2) is 8.57. The fraction of sp³-hybridized carbons (Fsp3) is 0.348. The van der Waals surface area contributed by atoms with E-state index in [4.69, 9.17) is 4.74 Å². The van der Waals surface area contributed by atoms with Crippen LogP contribution in [-0.2, 0) is 9.59 Å². The van der Waals surface area contributed by atoms with Gasteiger partial charge in [0, 0.05) is 18.7 Å². The lowest BCUT2D eigenvalue weighted by molar-refractivity contribution is -0.140. The van der Waals surface area contributed by atoms with Gasteiger partial charge in [0.05, 0.1) is 13.2 Å². The van der Waals surface area contributed by atoms with Crippen LogP contribution in [0.15, 0.2) is 48.5 Å². The molecule has 0 radical (unpaired) electrons. The number of benzene rings is 2. The summed E-state index contributed by atoms with van der Waals surface area (Å²) in [5, 5.41) is 0. The van der Waals surface area contributed by atoms with Crippen LogP contribution in [0.25, 0.3) is 0 Å². The average molecular weight is 394 g/mol.